The zero-order valence-corrected chi connectivity index (χ0v) is 11.9. The average Bonchev–Trinajstić information content (AvgIpc) is 2.46. The molecular formula is C14H16ClNO4. The number of aliphatic carboxylic acids is 1. The summed E-state index contributed by atoms with van der Waals surface area (Å²) in [7, 11) is 1.50. The SMILES string of the molecule is COc1ccc(Cl)cc1C(=O)N1CCC(C(=O)O)CC1. The topological polar surface area (TPSA) is 66.8 Å². The van der Waals surface area contributed by atoms with E-state index in [1.165, 1.54) is 7.11 Å². The molecule has 108 valence electrons. The first-order chi connectivity index (χ1) is 9.52. The third kappa shape index (κ3) is 3.04. The lowest BCUT2D eigenvalue weighted by atomic mass is 9.96. The maximum Gasteiger partial charge on any atom is 0.306 e. The van der Waals surface area contributed by atoms with Crippen LogP contribution in [0.15, 0.2) is 18.2 Å². The fourth-order valence-corrected chi connectivity index (χ4v) is 2.52. The predicted molar refractivity (Wildman–Crippen MR) is 74.3 cm³/mol. The molecule has 1 aliphatic heterocycles. The molecule has 1 amide bonds. The van der Waals surface area contributed by atoms with Crippen LogP contribution in [0.4, 0.5) is 0 Å². The number of carbonyl (C=O) groups excluding carboxylic acids is 1. The third-order valence-corrected chi connectivity index (χ3v) is 3.76. The normalized spacial score (nSPS) is 16.0. The van der Waals surface area contributed by atoms with Gasteiger partial charge in [0, 0.05) is 18.1 Å². The monoisotopic (exact) mass is 297 g/mol. The molecule has 1 N–H and O–H groups in total. The number of amides is 1. The van der Waals surface area contributed by atoms with E-state index in [1.54, 1.807) is 23.1 Å². The highest BCUT2D eigenvalue weighted by atomic mass is 35.5. The van der Waals surface area contributed by atoms with Crippen LogP contribution in [-0.2, 0) is 4.79 Å². The van der Waals surface area contributed by atoms with Gasteiger partial charge in [-0.25, -0.2) is 0 Å². The molecule has 1 aromatic rings. The van der Waals surface area contributed by atoms with Crippen molar-refractivity contribution in [1.29, 1.82) is 0 Å². The van der Waals surface area contributed by atoms with Crippen LogP contribution in [0, 0.1) is 5.92 Å². The second-order valence-electron chi connectivity index (χ2n) is 4.75. The summed E-state index contributed by atoms with van der Waals surface area (Å²) in [6.07, 6.45) is 0.952. The zero-order chi connectivity index (χ0) is 14.7. The van der Waals surface area contributed by atoms with Crippen LogP contribution in [0.2, 0.25) is 5.02 Å². The van der Waals surface area contributed by atoms with E-state index in [2.05, 4.69) is 0 Å². The van der Waals surface area contributed by atoms with E-state index >= 15 is 0 Å². The molecule has 1 aliphatic rings. The molecule has 1 fully saturated rings. The van der Waals surface area contributed by atoms with Gasteiger partial charge in [0.1, 0.15) is 5.75 Å². The van der Waals surface area contributed by atoms with Gasteiger partial charge in [-0.1, -0.05) is 11.6 Å². The minimum atomic E-state index is -0.794. The van der Waals surface area contributed by atoms with Crippen molar-refractivity contribution < 1.29 is 19.4 Å². The van der Waals surface area contributed by atoms with E-state index in [0.717, 1.165) is 0 Å². The summed E-state index contributed by atoms with van der Waals surface area (Å²) in [4.78, 5) is 25.0. The third-order valence-electron chi connectivity index (χ3n) is 3.52. The van der Waals surface area contributed by atoms with Gasteiger partial charge in [0.05, 0.1) is 18.6 Å². The maximum absolute atomic E-state index is 12.4. The number of nitrogens with zero attached hydrogens (tertiary/aromatic N) is 1. The number of halogens is 1. The summed E-state index contributed by atoms with van der Waals surface area (Å²) in [5, 5.41) is 9.43. The molecule has 0 unspecified atom stereocenters. The van der Waals surface area contributed by atoms with E-state index < -0.39 is 5.97 Å². The second kappa shape index (κ2) is 6.13. The Morgan fingerprint density at radius 2 is 2.00 bits per heavy atom. The average molecular weight is 298 g/mol. The molecule has 0 bridgehead atoms. The van der Waals surface area contributed by atoms with Gasteiger partial charge in [-0.3, -0.25) is 9.59 Å². The summed E-state index contributed by atoms with van der Waals surface area (Å²) in [6, 6.07) is 4.89. The van der Waals surface area contributed by atoms with Crippen molar-refractivity contribution >= 4 is 23.5 Å². The smallest absolute Gasteiger partial charge is 0.306 e. The number of hydrogen-bond acceptors (Lipinski definition) is 3. The quantitative estimate of drug-likeness (QED) is 0.929. The van der Waals surface area contributed by atoms with E-state index in [9.17, 15) is 9.59 Å². The Labute approximate surface area is 122 Å². The molecule has 20 heavy (non-hydrogen) atoms. The fraction of sp³-hybridized carbons (Fsp3) is 0.429. The molecule has 6 heteroatoms. The molecular weight excluding hydrogens is 282 g/mol. The van der Waals surface area contributed by atoms with Crippen LogP contribution >= 0.6 is 11.6 Å². The van der Waals surface area contributed by atoms with E-state index in [0.29, 0.717) is 42.3 Å². The van der Waals surface area contributed by atoms with Gasteiger partial charge in [0.25, 0.3) is 5.91 Å². The van der Waals surface area contributed by atoms with Crippen molar-refractivity contribution in [2.45, 2.75) is 12.8 Å². The molecule has 5 nitrogen and oxygen atoms in total. The maximum atomic E-state index is 12.4. The molecule has 0 saturated carbocycles. The fourth-order valence-electron chi connectivity index (χ4n) is 2.35. The Morgan fingerprint density at radius 1 is 1.35 bits per heavy atom. The Bertz CT molecular complexity index is 524. The summed E-state index contributed by atoms with van der Waals surface area (Å²) < 4.78 is 5.17. The first kappa shape index (κ1) is 14.7. The van der Waals surface area contributed by atoms with Crippen molar-refractivity contribution in [3.8, 4) is 5.75 Å². The van der Waals surface area contributed by atoms with Crippen molar-refractivity contribution in [1.82, 2.24) is 4.90 Å². The Balaban J connectivity index is 2.13. The lowest BCUT2D eigenvalue weighted by Gasteiger charge is -2.30. The lowest BCUT2D eigenvalue weighted by molar-refractivity contribution is -0.143. The number of carboxylic acids is 1. The van der Waals surface area contributed by atoms with Gasteiger partial charge >= 0.3 is 5.97 Å². The number of carbonyl (C=O) groups is 2. The highest BCUT2D eigenvalue weighted by molar-refractivity contribution is 6.31. The van der Waals surface area contributed by atoms with Crippen molar-refractivity contribution in [3.63, 3.8) is 0 Å². The molecule has 1 aromatic carbocycles. The van der Waals surface area contributed by atoms with Gasteiger partial charge in [0.15, 0.2) is 0 Å². The minimum Gasteiger partial charge on any atom is -0.496 e. The number of benzene rings is 1. The summed E-state index contributed by atoms with van der Waals surface area (Å²) in [5.74, 6) is -0.856. The Kier molecular flexibility index (Phi) is 4.49. The molecule has 1 heterocycles. The van der Waals surface area contributed by atoms with Gasteiger partial charge in [-0.05, 0) is 31.0 Å². The molecule has 0 aromatic heterocycles. The summed E-state index contributed by atoms with van der Waals surface area (Å²) in [5.41, 5.74) is 0.411. The number of carboxylic acid groups (broad SMARTS) is 1. The van der Waals surface area contributed by atoms with Gasteiger partial charge in [-0.2, -0.15) is 0 Å². The van der Waals surface area contributed by atoms with Crippen LogP contribution in [-0.4, -0.2) is 42.1 Å². The van der Waals surface area contributed by atoms with E-state index in [-0.39, 0.29) is 11.8 Å². The number of rotatable bonds is 3. The zero-order valence-electron chi connectivity index (χ0n) is 11.1. The molecule has 2 rings (SSSR count). The van der Waals surface area contributed by atoms with Gasteiger partial charge in [0.2, 0.25) is 0 Å². The van der Waals surface area contributed by atoms with Crippen molar-refractivity contribution in [2.75, 3.05) is 20.2 Å². The molecule has 0 atom stereocenters. The van der Waals surface area contributed by atoms with Gasteiger partial charge < -0.3 is 14.7 Å². The minimum absolute atomic E-state index is 0.173. The first-order valence-corrected chi connectivity index (χ1v) is 6.76. The Morgan fingerprint density at radius 3 is 2.55 bits per heavy atom. The number of ether oxygens (including phenoxy) is 1. The first-order valence-electron chi connectivity index (χ1n) is 6.38. The molecule has 0 spiro atoms. The van der Waals surface area contributed by atoms with E-state index in [1.807, 2.05) is 0 Å². The lowest BCUT2D eigenvalue weighted by Crippen LogP contribution is -2.40. The van der Waals surface area contributed by atoms with Crippen LogP contribution < -0.4 is 4.74 Å². The van der Waals surface area contributed by atoms with Crippen LogP contribution in [0.1, 0.15) is 23.2 Å². The number of likely N-dealkylation sites (tertiary alicyclic amines) is 1. The van der Waals surface area contributed by atoms with Crippen molar-refractivity contribution in [3.05, 3.63) is 28.8 Å². The molecule has 0 aliphatic carbocycles. The van der Waals surface area contributed by atoms with Crippen LogP contribution in [0.25, 0.3) is 0 Å². The highest BCUT2D eigenvalue weighted by Gasteiger charge is 2.28. The van der Waals surface area contributed by atoms with Crippen molar-refractivity contribution in [2.24, 2.45) is 5.92 Å². The number of piperidine rings is 1. The second-order valence-corrected chi connectivity index (χ2v) is 5.19. The summed E-state index contributed by atoms with van der Waals surface area (Å²) in [6.45, 7) is 0.872. The Hall–Kier alpha value is -1.75. The number of methoxy groups -OCH3 is 1. The predicted octanol–water partition coefficient (Wildman–Crippen LogP) is 2.29. The highest BCUT2D eigenvalue weighted by Crippen LogP contribution is 2.26. The van der Waals surface area contributed by atoms with Crippen LogP contribution in [0.3, 0.4) is 0 Å². The standard InChI is InChI=1S/C14H16ClNO4/c1-20-12-3-2-10(15)8-11(12)13(17)16-6-4-9(5-7-16)14(18)19/h2-3,8-9H,4-7H2,1H3,(H,18,19). The summed E-state index contributed by atoms with van der Waals surface area (Å²) >= 11 is 5.92. The molecule has 1 saturated heterocycles. The van der Waals surface area contributed by atoms with Gasteiger partial charge in [-0.15, -0.1) is 0 Å². The number of hydrogen-bond donors (Lipinski definition) is 1. The van der Waals surface area contributed by atoms with E-state index in [4.69, 9.17) is 21.4 Å². The largest absolute Gasteiger partial charge is 0.496 e. The van der Waals surface area contributed by atoms with Crippen LogP contribution in [0.5, 0.6) is 5.75 Å². The molecule has 0 radical (unpaired) electrons.